The summed E-state index contributed by atoms with van der Waals surface area (Å²) in [5, 5.41) is 0.709. The summed E-state index contributed by atoms with van der Waals surface area (Å²) in [6.07, 6.45) is 0. The lowest BCUT2D eigenvalue weighted by Gasteiger charge is -2.16. The summed E-state index contributed by atoms with van der Waals surface area (Å²) >= 11 is 18.3. The molecule has 0 aromatic heterocycles. The van der Waals surface area contributed by atoms with E-state index in [0.29, 0.717) is 16.5 Å². The highest BCUT2D eigenvalue weighted by molar-refractivity contribution is 6.46. The highest BCUT2D eigenvalue weighted by atomic mass is 35.5. The third kappa shape index (κ3) is 3.37. The summed E-state index contributed by atoms with van der Waals surface area (Å²) < 4.78 is 11.2. The topological polar surface area (TPSA) is 44.5 Å². The van der Waals surface area contributed by atoms with Gasteiger partial charge in [-0.05, 0) is 30.2 Å². The first kappa shape index (κ1) is 17.1. The molecule has 0 spiro atoms. The SMILES string of the molecule is COc1ccc(Oc2c(Cl)cc(N)c(Cl)c2Cl)cc1C(C)C. The van der Waals surface area contributed by atoms with Gasteiger partial charge in [0.1, 0.15) is 16.5 Å². The number of nitrogen functional groups attached to an aromatic ring is 1. The average Bonchev–Trinajstić information content (AvgIpc) is 2.49. The van der Waals surface area contributed by atoms with Crippen molar-refractivity contribution in [2.24, 2.45) is 0 Å². The van der Waals surface area contributed by atoms with Crippen molar-refractivity contribution in [3.63, 3.8) is 0 Å². The fourth-order valence-electron chi connectivity index (χ4n) is 2.04. The lowest BCUT2D eigenvalue weighted by atomic mass is 10.0. The van der Waals surface area contributed by atoms with Crippen LogP contribution in [0.15, 0.2) is 24.3 Å². The van der Waals surface area contributed by atoms with Gasteiger partial charge in [0.05, 0.1) is 22.8 Å². The quantitative estimate of drug-likeness (QED) is 0.525. The highest BCUT2D eigenvalue weighted by Gasteiger charge is 2.16. The van der Waals surface area contributed by atoms with Gasteiger partial charge in [0.15, 0.2) is 5.75 Å². The van der Waals surface area contributed by atoms with E-state index in [4.69, 9.17) is 50.0 Å². The molecule has 2 aromatic carbocycles. The van der Waals surface area contributed by atoms with Crippen molar-refractivity contribution in [3.8, 4) is 17.2 Å². The minimum Gasteiger partial charge on any atom is -0.496 e. The molecular weight excluding hydrogens is 345 g/mol. The van der Waals surface area contributed by atoms with E-state index in [1.165, 1.54) is 6.07 Å². The van der Waals surface area contributed by atoms with E-state index in [1.807, 2.05) is 12.1 Å². The average molecular weight is 361 g/mol. The minimum absolute atomic E-state index is 0.189. The third-order valence-electron chi connectivity index (χ3n) is 3.19. The minimum atomic E-state index is 0.189. The summed E-state index contributed by atoms with van der Waals surface area (Å²) in [5.41, 5.74) is 7.04. The molecule has 0 amide bonds. The number of hydrogen-bond donors (Lipinski definition) is 1. The van der Waals surface area contributed by atoms with Gasteiger partial charge in [-0.1, -0.05) is 48.7 Å². The molecule has 2 rings (SSSR count). The molecule has 3 nitrogen and oxygen atoms in total. The van der Waals surface area contributed by atoms with Crippen LogP contribution in [0.1, 0.15) is 25.3 Å². The summed E-state index contributed by atoms with van der Waals surface area (Å²) in [4.78, 5) is 0. The first-order chi connectivity index (χ1) is 10.3. The molecule has 0 bridgehead atoms. The number of anilines is 1. The summed E-state index contributed by atoms with van der Waals surface area (Å²) in [7, 11) is 1.63. The molecule has 0 radical (unpaired) electrons. The van der Waals surface area contributed by atoms with Crippen LogP contribution in [0.3, 0.4) is 0 Å². The van der Waals surface area contributed by atoms with E-state index >= 15 is 0 Å². The number of nitrogens with two attached hydrogens (primary N) is 1. The van der Waals surface area contributed by atoms with Gasteiger partial charge < -0.3 is 15.2 Å². The fourth-order valence-corrected chi connectivity index (χ4v) is 2.72. The van der Waals surface area contributed by atoms with Crippen molar-refractivity contribution in [1.29, 1.82) is 0 Å². The largest absolute Gasteiger partial charge is 0.496 e. The first-order valence-corrected chi connectivity index (χ1v) is 7.77. The van der Waals surface area contributed by atoms with Gasteiger partial charge in [-0.15, -0.1) is 0 Å². The molecule has 0 unspecified atom stereocenters. The Morgan fingerprint density at radius 1 is 1.05 bits per heavy atom. The molecule has 0 aliphatic rings. The number of benzene rings is 2. The maximum atomic E-state index is 6.17. The molecule has 0 atom stereocenters. The number of ether oxygens (including phenoxy) is 2. The normalized spacial score (nSPS) is 10.9. The zero-order chi connectivity index (χ0) is 16.4. The molecule has 118 valence electrons. The van der Waals surface area contributed by atoms with Gasteiger partial charge in [0.2, 0.25) is 0 Å². The second kappa shape index (κ2) is 6.86. The molecule has 6 heteroatoms. The number of methoxy groups -OCH3 is 1. The van der Waals surface area contributed by atoms with Gasteiger partial charge in [-0.2, -0.15) is 0 Å². The zero-order valence-electron chi connectivity index (χ0n) is 12.4. The van der Waals surface area contributed by atoms with Gasteiger partial charge in [0, 0.05) is 5.56 Å². The Morgan fingerprint density at radius 3 is 2.32 bits per heavy atom. The van der Waals surface area contributed by atoms with Crippen LogP contribution in [-0.4, -0.2) is 7.11 Å². The van der Waals surface area contributed by atoms with Crippen LogP contribution >= 0.6 is 34.8 Å². The van der Waals surface area contributed by atoms with Crippen molar-refractivity contribution in [2.45, 2.75) is 19.8 Å². The predicted molar refractivity (Wildman–Crippen MR) is 93.0 cm³/mol. The van der Waals surface area contributed by atoms with Crippen LogP contribution in [0.2, 0.25) is 15.1 Å². The van der Waals surface area contributed by atoms with Crippen LogP contribution in [0.5, 0.6) is 17.2 Å². The Morgan fingerprint density at radius 2 is 1.73 bits per heavy atom. The van der Waals surface area contributed by atoms with Crippen molar-refractivity contribution in [2.75, 3.05) is 12.8 Å². The zero-order valence-corrected chi connectivity index (χ0v) is 14.7. The van der Waals surface area contributed by atoms with Crippen LogP contribution in [-0.2, 0) is 0 Å². The maximum Gasteiger partial charge on any atom is 0.166 e. The molecular formula is C16H16Cl3NO2. The number of hydrogen-bond acceptors (Lipinski definition) is 3. The summed E-state index contributed by atoms with van der Waals surface area (Å²) in [5.74, 6) is 1.95. The van der Waals surface area contributed by atoms with Crippen LogP contribution in [0, 0.1) is 0 Å². The van der Waals surface area contributed by atoms with Crippen molar-refractivity contribution in [1.82, 2.24) is 0 Å². The molecule has 22 heavy (non-hydrogen) atoms. The smallest absolute Gasteiger partial charge is 0.166 e. The number of rotatable bonds is 4. The molecule has 0 fully saturated rings. The van der Waals surface area contributed by atoms with E-state index in [2.05, 4.69) is 13.8 Å². The maximum absolute atomic E-state index is 6.17. The number of halogens is 3. The van der Waals surface area contributed by atoms with Crippen molar-refractivity contribution in [3.05, 3.63) is 44.9 Å². The Labute approximate surface area is 144 Å². The third-order valence-corrected chi connectivity index (χ3v) is 4.33. The summed E-state index contributed by atoms with van der Waals surface area (Å²) in [6, 6.07) is 7.02. The molecule has 0 aliphatic heterocycles. The standard InChI is InChI=1S/C16H16Cl3NO2/c1-8(2)10-6-9(4-5-13(10)21-3)22-16-11(17)7-12(20)14(18)15(16)19/h4-8H,20H2,1-3H3. The molecule has 0 saturated carbocycles. The van der Waals surface area contributed by atoms with E-state index in [9.17, 15) is 0 Å². The first-order valence-electron chi connectivity index (χ1n) is 6.64. The van der Waals surface area contributed by atoms with E-state index in [1.54, 1.807) is 13.2 Å². The molecule has 2 aromatic rings. The van der Waals surface area contributed by atoms with Gasteiger partial charge >= 0.3 is 0 Å². The van der Waals surface area contributed by atoms with E-state index in [0.717, 1.165) is 11.3 Å². The van der Waals surface area contributed by atoms with Crippen molar-refractivity contribution >= 4 is 40.5 Å². The summed E-state index contributed by atoms with van der Waals surface area (Å²) in [6.45, 7) is 4.14. The lowest BCUT2D eigenvalue weighted by molar-refractivity contribution is 0.405. The second-order valence-electron chi connectivity index (χ2n) is 5.07. The highest BCUT2D eigenvalue weighted by Crippen LogP contribution is 2.44. The Bertz CT molecular complexity index is 702. The molecule has 0 saturated heterocycles. The molecule has 0 aliphatic carbocycles. The molecule has 2 N–H and O–H groups in total. The Balaban J connectivity index is 2.44. The molecule has 0 heterocycles. The lowest BCUT2D eigenvalue weighted by Crippen LogP contribution is -1.96. The monoisotopic (exact) mass is 359 g/mol. The van der Waals surface area contributed by atoms with Crippen LogP contribution in [0.4, 0.5) is 5.69 Å². The fraction of sp³-hybridized carbons (Fsp3) is 0.250. The van der Waals surface area contributed by atoms with Crippen LogP contribution in [0.25, 0.3) is 0 Å². The van der Waals surface area contributed by atoms with Gasteiger partial charge in [-0.3, -0.25) is 0 Å². The van der Waals surface area contributed by atoms with Gasteiger partial charge in [0.25, 0.3) is 0 Å². The Hall–Kier alpha value is -1.29. The van der Waals surface area contributed by atoms with E-state index in [-0.39, 0.29) is 21.7 Å². The van der Waals surface area contributed by atoms with Gasteiger partial charge in [-0.25, -0.2) is 0 Å². The van der Waals surface area contributed by atoms with Crippen molar-refractivity contribution < 1.29 is 9.47 Å². The van der Waals surface area contributed by atoms with Crippen LogP contribution < -0.4 is 15.2 Å². The second-order valence-corrected chi connectivity index (χ2v) is 6.23. The predicted octanol–water partition coefficient (Wildman–Crippen LogP) is 6.15. The Kier molecular flexibility index (Phi) is 5.32. The van der Waals surface area contributed by atoms with E-state index < -0.39 is 0 Å².